The van der Waals surface area contributed by atoms with Crippen LogP contribution in [0, 0.1) is 5.92 Å². The fourth-order valence-electron chi connectivity index (χ4n) is 0.728. The van der Waals surface area contributed by atoms with Gasteiger partial charge in [0.15, 0.2) is 0 Å². The lowest BCUT2D eigenvalue weighted by molar-refractivity contribution is -0.121. The minimum absolute atomic E-state index is 0.00245. The van der Waals surface area contributed by atoms with Crippen LogP contribution in [0.4, 0.5) is 0 Å². The molecule has 0 aromatic carbocycles. The molecule has 0 saturated heterocycles. The second-order valence-electron chi connectivity index (χ2n) is 3.23. The average Bonchev–Trinajstić information content (AvgIpc) is 1.97. The lowest BCUT2D eigenvalue weighted by Gasteiger charge is -2.01. The summed E-state index contributed by atoms with van der Waals surface area (Å²) in [5, 5.41) is 3.79. The second-order valence-corrected chi connectivity index (χ2v) is 3.23. The topological polar surface area (TPSA) is 41.5 Å². The standard InChI is InChI=1S/C9H18N2O/c1-4-5-6-10-11-9(12)7-8(2)3/h6,8H,4-5,7H2,1-3H3,(H,11,12). The van der Waals surface area contributed by atoms with E-state index in [4.69, 9.17) is 0 Å². The molecule has 70 valence electrons. The Morgan fingerprint density at radius 1 is 1.58 bits per heavy atom. The van der Waals surface area contributed by atoms with Crippen LogP contribution in [0.2, 0.25) is 0 Å². The van der Waals surface area contributed by atoms with Crippen molar-refractivity contribution in [1.29, 1.82) is 0 Å². The number of hydrogen-bond acceptors (Lipinski definition) is 2. The lowest BCUT2D eigenvalue weighted by Crippen LogP contribution is -2.18. The molecular formula is C9H18N2O. The van der Waals surface area contributed by atoms with Crippen molar-refractivity contribution < 1.29 is 4.79 Å². The van der Waals surface area contributed by atoms with Crippen LogP contribution >= 0.6 is 0 Å². The molecule has 0 aliphatic heterocycles. The maximum absolute atomic E-state index is 11.0. The zero-order valence-electron chi connectivity index (χ0n) is 8.13. The first-order valence-electron chi connectivity index (χ1n) is 4.47. The molecule has 0 saturated carbocycles. The van der Waals surface area contributed by atoms with Gasteiger partial charge < -0.3 is 0 Å². The molecule has 0 aliphatic carbocycles. The van der Waals surface area contributed by atoms with Gasteiger partial charge >= 0.3 is 0 Å². The molecule has 0 rings (SSSR count). The van der Waals surface area contributed by atoms with Gasteiger partial charge in [-0.2, -0.15) is 5.10 Å². The van der Waals surface area contributed by atoms with Crippen molar-refractivity contribution >= 4 is 12.1 Å². The van der Waals surface area contributed by atoms with Gasteiger partial charge in [0.2, 0.25) is 5.91 Å². The van der Waals surface area contributed by atoms with E-state index < -0.39 is 0 Å². The van der Waals surface area contributed by atoms with Gasteiger partial charge in [-0.3, -0.25) is 4.79 Å². The molecular weight excluding hydrogens is 152 g/mol. The van der Waals surface area contributed by atoms with E-state index in [2.05, 4.69) is 17.5 Å². The molecule has 0 fully saturated rings. The van der Waals surface area contributed by atoms with E-state index in [9.17, 15) is 4.79 Å². The van der Waals surface area contributed by atoms with Gasteiger partial charge in [0, 0.05) is 12.6 Å². The quantitative estimate of drug-likeness (QED) is 0.497. The summed E-state index contributed by atoms with van der Waals surface area (Å²) in [6, 6.07) is 0. The molecule has 0 radical (unpaired) electrons. The zero-order chi connectivity index (χ0) is 9.40. The number of carbonyl (C=O) groups is 1. The molecule has 12 heavy (non-hydrogen) atoms. The Hall–Kier alpha value is -0.860. The molecule has 0 atom stereocenters. The summed E-state index contributed by atoms with van der Waals surface area (Å²) in [5.41, 5.74) is 2.48. The Labute approximate surface area is 74.2 Å². The number of nitrogens with zero attached hydrogens (tertiary/aromatic N) is 1. The Balaban J connectivity index is 3.43. The lowest BCUT2D eigenvalue weighted by atomic mass is 10.1. The summed E-state index contributed by atoms with van der Waals surface area (Å²) < 4.78 is 0. The van der Waals surface area contributed by atoms with E-state index in [0.29, 0.717) is 12.3 Å². The molecule has 0 aromatic rings. The van der Waals surface area contributed by atoms with Crippen LogP contribution in [0.25, 0.3) is 0 Å². The summed E-state index contributed by atoms with van der Waals surface area (Å²) in [4.78, 5) is 11.0. The number of nitrogens with one attached hydrogen (secondary N) is 1. The van der Waals surface area contributed by atoms with Gasteiger partial charge in [-0.05, 0) is 12.3 Å². The maximum atomic E-state index is 11.0. The monoisotopic (exact) mass is 170 g/mol. The van der Waals surface area contributed by atoms with Crippen LogP contribution < -0.4 is 5.43 Å². The molecule has 3 heteroatoms. The molecule has 0 unspecified atom stereocenters. The normalized spacial score (nSPS) is 11.0. The minimum atomic E-state index is -0.00245. The highest BCUT2D eigenvalue weighted by atomic mass is 16.2. The van der Waals surface area contributed by atoms with E-state index in [1.165, 1.54) is 0 Å². The number of hydrogen-bond donors (Lipinski definition) is 1. The second kappa shape index (κ2) is 6.83. The number of rotatable bonds is 5. The number of carbonyl (C=O) groups excluding carboxylic acids is 1. The van der Waals surface area contributed by atoms with Crippen molar-refractivity contribution in [3.05, 3.63) is 0 Å². The van der Waals surface area contributed by atoms with Crippen molar-refractivity contribution in [3.63, 3.8) is 0 Å². The summed E-state index contributed by atoms with van der Waals surface area (Å²) in [6.07, 6.45) is 4.26. The van der Waals surface area contributed by atoms with Gasteiger partial charge in [0.25, 0.3) is 0 Å². The third kappa shape index (κ3) is 7.25. The van der Waals surface area contributed by atoms with E-state index in [1.807, 2.05) is 13.8 Å². The Morgan fingerprint density at radius 2 is 2.25 bits per heavy atom. The Bertz CT molecular complexity index is 153. The smallest absolute Gasteiger partial charge is 0.240 e. The molecule has 3 nitrogen and oxygen atoms in total. The number of unbranched alkanes of at least 4 members (excludes halogenated alkanes) is 1. The molecule has 1 amide bonds. The molecule has 0 aromatic heterocycles. The number of hydrazone groups is 1. The first-order valence-corrected chi connectivity index (χ1v) is 4.47. The average molecular weight is 170 g/mol. The van der Waals surface area contributed by atoms with Crippen LogP contribution in [0.1, 0.15) is 40.0 Å². The molecule has 0 heterocycles. The molecule has 0 bridgehead atoms. The van der Waals surface area contributed by atoms with Crippen LogP contribution in [0.3, 0.4) is 0 Å². The maximum Gasteiger partial charge on any atom is 0.240 e. The third-order valence-electron chi connectivity index (χ3n) is 1.29. The third-order valence-corrected chi connectivity index (χ3v) is 1.29. The zero-order valence-corrected chi connectivity index (χ0v) is 8.13. The van der Waals surface area contributed by atoms with Gasteiger partial charge in [0.05, 0.1) is 0 Å². The minimum Gasteiger partial charge on any atom is -0.273 e. The summed E-state index contributed by atoms with van der Waals surface area (Å²) in [7, 11) is 0. The predicted octanol–water partition coefficient (Wildman–Crippen LogP) is 1.93. The van der Waals surface area contributed by atoms with Crippen molar-refractivity contribution in [1.82, 2.24) is 5.43 Å². The molecule has 0 aliphatic rings. The van der Waals surface area contributed by atoms with Crippen molar-refractivity contribution in [3.8, 4) is 0 Å². The SMILES string of the molecule is CCCC=NNC(=O)CC(C)C. The van der Waals surface area contributed by atoms with Crippen LogP contribution in [0.15, 0.2) is 5.10 Å². The van der Waals surface area contributed by atoms with E-state index >= 15 is 0 Å². The Kier molecular flexibility index (Phi) is 6.34. The van der Waals surface area contributed by atoms with Crippen molar-refractivity contribution in [2.45, 2.75) is 40.0 Å². The predicted molar refractivity (Wildman–Crippen MR) is 51.0 cm³/mol. The van der Waals surface area contributed by atoms with E-state index in [1.54, 1.807) is 6.21 Å². The highest BCUT2D eigenvalue weighted by Gasteiger charge is 2.01. The first-order chi connectivity index (χ1) is 5.66. The van der Waals surface area contributed by atoms with Gasteiger partial charge in [-0.25, -0.2) is 5.43 Å². The fourth-order valence-corrected chi connectivity index (χ4v) is 0.728. The van der Waals surface area contributed by atoms with E-state index in [0.717, 1.165) is 12.8 Å². The van der Waals surface area contributed by atoms with Crippen molar-refractivity contribution in [2.24, 2.45) is 11.0 Å². The molecule has 1 N–H and O–H groups in total. The Morgan fingerprint density at radius 3 is 2.75 bits per heavy atom. The van der Waals surface area contributed by atoms with Crippen LogP contribution in [-0.4, -0.2) is 12.1 Å². The molecule has 0 spiro atoms. The first kappa shape index (κ1) is 11.1. The van der Waals surface area contributed by atoms with Gasteiger partial charge in [-0.1, -0.05) is 27.2 Å². The number of amides is 1. The highest BCUT2D eigenvalue weighted by Crippen LogP contribution is 1.97. The summed E-state index contributed by atoms with van der Waals surface area (Å²) in [5.74, 6) is 0.392. The highest BCUT2D eigenvalue weighted by molar-refractivity contribution is 5.76. The van der Waals surface area contributed by atoms with Crippen LogP contribution in [0.5, 0.6) is 0 Å². The largest absolute Gasteiger partial charge is 0.273 e. The fraction of sp³-hybridized carbons (Fsp3) is 0.778. The van der Waals surface area contributed by atoms with Gasteiger partial charge in [0.1, 0.15) is 0 Å². The van der Waals surface area contributed by atoms with Gasteiger partial charge in [-0.15, -0.1) is 0 Å². The van der Waals surface area contributed by atoms with E-state index in [-0.39, 0.29) is 5.91 Å². The van der Waals surface area contributed by atoms with Crippen molar-refractivity contribution in [2.75, 3.05) is 0 Å². The summed E-state index contributed by atoms with van der Waals surface area (Å²) in [6.45, 7) is 6.09. The van der Waals surface area contributed by atoms with Crippen LogP contribution in [-0.2, 0) is 4.79 Å². The summed E-state index contributed by atoms with van der Waals surface area (Å²) >= 11 is 0.